The molecule has 8 heteroatoms. The zero-order chi connectivity index (χ0) is 22.7. The van der Waals surface area contributed by atoms with Crippen LogP contribution in [0.2, 0.25) is 0 Å². The first-order valence-corrected chi connectivity index (χ1v) is 11.4. The molecular weight excluding hydrogens is 426 g/mol. The van der Waals surface area contributed by atoms with Crippen LogP contribution < -0.4 is 20.3 Å². The highest BCUT2D eigenvalue weighted by atomic mass is 32.1. The Balaban J connectivity index is 1.78. The fourth-order valence-electron chi connectivity index (χ4n) is 4.19. The molecule has 0 saturated heterocycles. The fourth-order valence-corrected chi connectivity index (χ4v) is 5.32. The number of hydrogen-bond donors (Lipinski definition) is 1. The molecule has 0 unspecified atom stereocenters. The van der Waals surface area contributed by atoms with E-state index < -0.39 is 6.04 Å². The number of carbonyl (C=O) groups is 1. The number of hydrogen-bond acceptors (Lipinski definition) is 6. The quantitative estimate of drug-likeness (QED) is 0.554. The third kappa shape index (κ3) is 4.34. The fraction of sp³-hybridized carbons (Fsp3) is 0.375. The number of methoxy groups -OCH3 is 1. The van der Waals surface area contributed by atoms with Crippen molar-refractivity contribution in [1.29, 1.82) is 5.26 Å². The van der Waals surface area contributed by atoms with Gasteiger partial charge in [0, 0.05) is 6.92 Å². The van der Waals surface area contributed by atoms with Gasteiger partial charge in [-0.05, 0) is 55.5 Å². The lowest BCUT2D eigenvalue weighted by molar-refractivity contribution is -0.114. The van der Waals surface area contributed by atoms with Gasteiger partial charge in [0.25, 0.3) is 5.56 Å². The average molecular weight is 452 g/mol. The standard InChI is InChI=1S/C24H25N3O4S/c1-15(28)26-18-8-5-9-22-23(18)24(29)27(32-22)19(12-13-25)16-10-11-20(30-2)21(14-16)31-17-6-3-4-7-17/h5,8-11,14,17,19H,3-4,6-7,12H2,1-2H3,(H,26,28)/t19-/m1/s1. The van der Waals surface area contributed by atoms with Crippen molar-refractivity contribution in [3.05, 3.63) is 52.3 Å². The van der Waals surface area contributed by atoms with Gasteiger partial charge in [0.05, 0.1) is 47.5 Å². The van der Waals surface area contributed by atoms with E-state index in [0.717, 1.165) is 35.9 Å². The minimum Gasteiger partial charge on any atom is -0.493 e. The summed E-state index contributed by atoms with van der Waals surface area (Å²) >= 11 is 1.29. The molecule has 166 valence electrons. The van der Waals surface area contributed by atoms with Gasteiger partial charge in [-0.3, -0.25) is 13.5 Å². The number of anilines is 1. The summed E-state index contributed by atoms with van der Waals surface area (Å²) in [6.45, 7) is 1.41. The average Bonchev–Trinajstić information content (AvgIpc) is 3.40. The molecule has 0 bridgehead atoms. The van der Waals surface area contributed by atoms with Crippen molar-refractivity contribution >= 4 is 33.2 Å². The second-order valence-corrected chi connectivity index (χ2v) is 8.91. The molecule has 1 fully saturated rings. The smallest absolute Gasteiger partial charge is 0.271 e. The first-order chi connectivity index (χ1) is 15.5. The Hall–Kier alpha value is -3.31. The minimum atomic E-state index is -0.480. The van der Waals surface area contributed by atoms with E-state index in [4.69, 9.17) is 9.47 Å². The summed E-state index contributed by atoms with van der Waals surface area (Å²) in [5.41, 5.74) is 1.05. The molecule has 4 rings (SSSR count). The SMILES string of the molecule is COc1ccc([C@@H](CC#N)n2sc3cccc(NC(C)=O)c3c2=O)cc1OC1CCCC1. The van der Waals surface area contributed by atoms with Crippen LogP contribution in [-0.2, 0) is 4.79 Å². The maximum atomic E-state index is 13.4. The van der Waals surface area contributed by atoms with Crippen LogP contribution in [0.15, 0.2) is 41.2 Å². The van der Waals surface area contributed by atoms with Gasteiger partial charge in [0.15, 0.2) is 11.5 Å². The lowest BCUT2D eigenvalue weighted by Gasteiger charge is -2.20. The second-order valence-electron chi connectivity index (χ2n) is 7.89. The van der Waals surface area contributed by atoms with Crippen LogP contribution in [0.4, 0.5) is 5.69 Å². The first-order valence-electron chi connectivity index (χ1n) is 10.7. The molecule has 7 nitrogen and oxygen atoms in total. The minimum absolute atomic E-state index is 0.122. The number of nitrogens with zero attached hydrogens (tertiary/aromatic N) is 2. The van der Waals surface area contributed by atoms with E-state index in [9.17, 15) is 14.9 Å². The highest BCUT2D eigenvalue weighted by molar-refractivity contribution is 7.14. The molecule has 1 aliphatic carbocycles. The summed E-state index contributed by atoms with van der Waals surface area (Å²) in [6, 6.07) is 12.7. The Morgan fingerprint density at radius 3 is 2.75 bits per heavy atom. The molecule has 1 atom stereocenters. The Labute approximate surface area is 190 Å². The third-order valence-electron chi connectivity index (χ3n) is 5.68. The molecule has 1 aromatic heterocycles. The molecule has 1 amide bonds. The lowest BCUT2D eigenvalue weighted by atomic mass is 10.0. The Morgan fingerprint density at radius 2 is 2.06 bits per heavy atom. The van der Waals surface area contributed by atoms with Gasteiger partial charge in [-0.25, -0.2) is 0 Å². The summed E-state index contributed by atoms with van der Waals surface area (Å²) < 4.78 is 14.1. The van der Waals surface area contributed by atoms with Crippen LogP contribution in [0.3, 0.4) is 0 Å². The topological polar surface area (TPSA) is 93.4 Å². The monoisotopic (exact) mass is 451 g/mol. The van der Waals surface area contributed by atoms with Gasteiger partial charge in [0.1, 0.15) is 0 Å². The van der Waals surface area contributed by atoms with Crippen LogP contribution >= 0.6 is 11.5 Å². The lowest BCUT2D eigenvalue weighted by Crippen LogP contribution is -2.21. The molecule has 1 N–H and O–H groups in total. The summed E-state index contributed by atoms with van der Waals surface area (Å²) in [6.07, 6.45) is 4.60. The highest BCUT2D eigenvalue weighted by Crippen LogP contribution is 2.36. The number of rotatable bonds is 7. The van der Waals surface area contributed by atoms with E-state index >= 15 is 0 Å². The number of amides is 1. The maximum Gasteiger partial charge on any atom is 0.271 e. The second kappa shape index (κ2) is 9.45. The van der Waals surface area contributed by atoms with Crippen LogP contribution in [0.1, 0.15) is 50.6 Å². The van der Waals surface area contributed by atoms with Gasteiger partial charge in [0.2, 0.25) is 5.91 Å². The van der Waals surface area contributed by atoms with E-state index in [1.807, 2.05) is 24.3 Å². The number of carbonyl (C=O) groups excluding carboxylic acids is 1. The number of ether oxygens (including phenoxy) is 2. The Kier molecular flexibility index (Phi) is 6.47. The number of benzene rings is 2. The van der Waals surface area contributed by atoms with Crippen LogP contribution in [0, 0.1) is 11.3 Å². The predicted octanol–water partition coefficient (Wildman–Crippen LogP) is 4.85. The van der Waals surface area contributed by atoms with Gasteiger partial charge in [-0.2, -0.15) is 5.26 Å². The number of nitrogens with one attached hydrogen (secondary N) is 1. The van der Waals surface area contributed by atoms with Gasteiger partial charge >= 0.3 is 0 Å². The van der Waals surface area contributed by atoms with E-state index in [-0.39, 0.29) is 24.0 Å². The number of nitriles is 1. The first kappa shape index (κ1) is 21.9. The molecule has 3 aromatic rings. The van der Waals surface area contributed by atoms with Crippen LogP contribution in [0.25, 0.3) is 10.1 Å². The predicted molar refractivity (Wildman–Crippen MR) is 125 cm³/mol. The van der Waals surface area contributed by atoms with Crippen molar-refractivity contribution in [3.63, 3.8) is 0 Å². The largest absolute Gasteiger partial charge is 0.493 e. The molecular formula is C24H25N3O4S. The van der Waals surface area contributed by atoms with Gasteiger partial charge < -0.3 is 14.8 Å². The van der Waals surface area contributed by atoms with Crippen LogP contribution in [0.5, 0.6) is 11.5 Å². The van der Waals surface area contributed by atoms with Crippen molar-refractivity contribution in [1.82, 2.24) is 3.96 Å². The molecule has 32 heavy (non-hydrogen) atoms. The molecule has 0 spiro atoms. The highest BCUT2D eigenvalue weighted by Gasteiger charge is 2.24. The van der Waals surface area contributed by atoms with E-state index in [0.29, 0.717) is 22.6 Å². The normalized spacial score (nSPS) is 14.8. The maximum absolute atomic E-state index is 13.4. The van der Waals surface area contributed by atoms with Crippen molar-refractivity contribution in [2.45, 2.75) is 51.2 Å². The van der Waals surface area contributed by atoms with E-state index in [2.05, 4.69) is 11.4 Å². The van der Waals surface area contributed by atoms with Crippen LogP contribution in [-0.4, -0.2) is 23.1 Å². The van der Waals surface area contributed by atoms with Crippen molar-refractivity contribution in [2.24, 2.45) is 0 Å². The molecule has 2 aromatic carbocycles. The number of aromatic nitrogens is 1. The summed E-state index contributed by atoms with van der Waals surface area (Å²) in [4.78, 5) is 25.0. The molecule has 1 heterocycles. The third-order valence-corrected chi connectivity index (χ3v) is 6.84. The van der Waals surface area contributed by atoms with Crippen molar-refractivity contribution < 1.29 is 14.3 Å². The Morgan fingerprint density at radius 1 is 1.28 bits per heavy atom. The van der Waals surface area contributed by atoms with Crippen molar-refractivity contribution in [2.75, 3.05) is 12.4 Å². The molecule has 0 radical (unpaired) electrons. The van der Waals surface area contributed by atoms with E-state index in [1.165, 1.54) is 18.5 Å². The van der Waals surface area contributed by atoms with Gasteiger partial charge in [-0.1, -0.05) is 23.7 Å². The van der Waals surface area contributed by atoms with Gasteiger partial charge in [-0.15, -0.1) is 0 Å². The summed E-state index contributed by atoms with van der Waals surface area (Å²) in [7, 11) is 1.60. The summed E-state index contributed by atoms with van der Waals surface area (Å²) in [5, 5.41) is 12.7. The summed E-state index contributed by atoms with van der Waals surface area (Å²) in [5.74, 6) is 1.02. The zero-order valence-electron chi connectivity index (χ0n) is 18.1. The molecule has 1 saturated carbocycles. The molecule has 0 aliphatic heterocycles. The zero-order valence-corrected chi connectivity index (χ0v) is 18.9. The number of fused-ring (bicyclic) bond motifs is 1. The molecule has 1 aliphatic rings. The van der Waals surface area contributed by atoms with E-state index in [1.54, 1.807) is 23.2 Å². The van der Waals surface area contributed by atoms with Crippen molar-refractivity contribution in [3.8, 4) is 17.6 Å². The Bertz CT molecular complexity index is 1230.